The first kappa shape index (κ1) is 8.18. The van der Waals surface area contributed by atoms with E-state index in [1.165, 1.54) is 5.56 Å². The summed E-state index contributed by atoms with van der Waals surface area (Å²) < 4.78 is 5.32. The van der Waals surface area contributed by atoms with Gasteiger partial charge in [0.25, 0.3) is 0 Å². The van der Waals surface area contributed by atoms with E-state index in [0.29, 0.717) is 18.4 Å². The Labute approximate surface area is 82.9 Å². The van der Waals surface area contributed by atoms with Gasteiger partial charge < -0.3 is 9.53 Å². The molecule has 1 aromatic carbocycles. The molecule has 0 unspecified atom stereocenters. The van der Waals surface area contributed by atoms with Gasteiger partial charge in [0.05, 0.1) is 18.6 Å². The highest BCUT2D eigenvalue weighted by Gasteiger charge is 2.68. The number of hydrogen-bond donors (Lipinski definition) is 0. The second kappa shape index (κ2) is 2.67. The van der Waals surface area contributed by atoms with Crippen molar-refractivity contribution in [1.82, 2.24) is 0 Å². The Balaban J connectivity index is 1.94. The smallest absolute Gasteiger partial charge is 0.129 e. The van der Waals surface area contributed by atoms with Gasteiger partial charge in [0.1, 0.15) is 6.29 Å². The highest BCUT2D eigenvalue weighted by atomic mass is 16.5. The van der Waals surface area contributed by atoms with Crippen LogP contribution < -0.4 is 0 Å². The zero-order valence-corrected chi connectivity index (χ0v) is 7.85. The Morgan fingerprint density at radius 3 is 2.79 bits per heavy atom. The number of ether oxygens (including phenoxy) is 1. The van der Waals surface area contributed by atoms with Crippen molar-refractivity contribution in [1.29, 1.82) is 0 Å². The standard InChI is InChI=1S/C12H12O2/c13-7-12-8-14-6-10(12)11(12)9-4-2-1-3-5-9/h1-5,7,10-11H,6,8H2/t10-,11+,12-/m1/s1. The number of hydrogen-bond acceptors (Lipinski definition) is 2. The van der Waals surface area contributed by atoms with E-state index >= 15 is 0 Å². The molecule has 1 aliphatic carbocycles. The molecule has 0 spiro atoms. The molecule has 1 aromatic rings. The molecule has 72 valence electrons. The molecule has 1 aliphatic heterocycles. The van der Waals surface area contributed by atoms with Crippen molar-refractivity contribution in [3.05, 3.63) is 35.9 Å². The number of carbonyl (C=O) groups is 1. The number of carbonyl (C=O) groups excluding carboxylic acids is 1. The van der Waals surface area contributed by atoms with Crippen LogP contribution in [0.2, 0.25) is 0 Å². The lowest BCUT2D eigenvalue weighted by Crippen LogP contribution is -2.10. The summed E-state index contributed by atoms with van der Waals surface area (Å²) in [5.74, 6) is 0.845. The van der Waals surface area contributed by atoms with Gasteiger partial charge in [0.2, 0.25) is 0 Å². The normalized spacial score (nSPS) is 39.1. The minimum Gasteiger partial charge on any atom is -0.380 e. The predicted octanol–water partition coefficient (Wildman–Crippen LogP) is 1.62. The maximum absolute atomic E-state index is 11.1. The lowest BCUT2D eigenvalue weighted by molar-refractivity contribution is -0.113. The van der Waals surface area contributed by atoms with Crippen LogP contribution in [0.15, 0.2) is 30.3 Å². The van der Waals surface area contributed by atoms with Crippen LogP contribution in [0.4, 0.5) is 0 Å². The van der Waals surface area contributed by atoms with E-state index in [1.807, 2.05) is 18.2 Å². The van der Waals surface area contributed by atoms with Gasteiger partial charge in [-0.1, -0.05) is 30.3 Å². The van der Waals surface area contributed by atoms with Crippen LogP contribution in [0, 0.1) is 11.3 Å². The third-order valence-corrected chi connectivity index (χ3v) is 3.59. The molecule has 0 N–H and O–H groups in total. The molecule has 2 nitrogen and oxygen atoms in total. The average Bonchev–Trinajstić information content (AvgIpc) is 2.69. The van der Waals surface area contributed by atoms with Gasteiger partial charge in [-0.3, -0.25) is 0 Å². The molecule has 3 rings (SSSR count). The van der Waals surface area contributed by atoms with Gasteiger partial charge in [-0.25, -0.2) is 0 Å². The maximum atomic E-state index is 11.1. The quantitative estimate of drug-likeness (QED) is 0.659. The molecule has 0 aromatic heterocycles. The molecule has 14 heavy (non-hydrogen) atoms. The molecule has 2 fully saturated rings. The van der Waals surface area contributed by atoms with Crippen molar-refractivity contribution < 1.29 is 9.53 Å². The highest BCUT2D eigenvalue weighted by molar-refractivity contribution is 5.70. The first-order chi connectivity index (χ1) is 6.88. The Hall–Kier alpha value is -1.15. The van der Waals surface area contributed by atoms with Crippen LogP contribution in [-0.4, -0.2) is 19.5 Å². The van der Waals surface area contributed by atoms with Crippen LogP contribution in [0.25, 0.3) is 0 Å². The Kier molecular flexibility index (Phi) is 1.56. The predicted molar refractivity (Wildman–Crippen MR) is 52.0 cm³/mol. The molecule has 2 heteroatoms. The summed E-state index contributed by atoms with van der Waals surface area (Å²) >= 11 is 0. The summed E-state index contributed by atoms with van der Waals surface area (Å²) in [5, 5.41) is 0. The van der Waals surface area contributed by atoms with Gasteiger partial charge in [-0.15, -0.1) is 0 Å². The van der Waals surface area contributed by atoms with Crippen LogP contribution in [0.3, 0.4) is 0 Å². The minimum atomic E-state index is -0.179. The van der Waals surface area contributed by atoms with E-state index in [4.69, 9.17) is 4.74 Å². The molecule has 3 atom stereocenters. The SMILES string of the molecule is O=C[C@@]12COC[C@@H]1[C@@H]2c1ccccc1. The fourth-order valence-corrected chi connectivity index (χ4v) is 2.75. The van der Waals surface area contributed by atoms with E-state index in [2.05, 4.69) is 12.1 Å². The zero-order chi connectivity index (χ0) is 9.60. The summed E-state index contributed by atoms with van der Waals surface area (Å²) in [4.78, 5) is 11.1. The molecule has 1 saturated heterocycles. The first-order valence-corrected chi connectivity index (χ1v) is 4.97. The molecule has 0 bridgehead atoms. The fraction of sp³-hybridized carbons (Fsp3) is 0.417. The Bertz CT molecular complexity index is 360. The van der Waals surface area contributed by atoms with Gasteiger partial charge in [-0.05, 0) is 5.56 Å². The maximum Gasteiger partial charge on any atom is 0.129 e. The topological polar surface area (TPSA) is 26.3 Å². The lowest BCUT2D eigenvalue weighted by atomic mass is 10.0. The van der Waals surface area contributed by atoms with Crippen molar-refractivity contribution in [3.8, 4) is 0 Å². The number of benzene rings is 1. The van der Waals surface area contributed by atoms with E-state index in [-0.39, 0.29) is 5.41 Å². The van der Waals surface area contributed by atoms with Crippen molar-refractivity contribution in [2.75, 3.05) is 13.2 Å². The summed E-state index contributed by atoms with van der Waals surface area (Å²) in [6, 6.07) is 10.3. The number of fused-ring (bicyclic) bond motifs is 1. The lowest BCUT2D eigenvalue weighted by Gasteiger charge is -2.07. The Morgan fingerprint density at radius 1 is 1.36 bits per heavy atom. The van der Waals surface area contributed by atoms with Crippen LogP contribution in [0.1, 0.15) is 11.5 Å². The fourth-order valence-electron chi connectivity index (χ4n) is 2.75. The van der Waals surface area contributed by atoms with Crippen molar-refractivity contribution in [2.45, 2.75) is 5.92 Å². The summed E-state index contributed by atoms with van der Waals surface area (Å²) in [5.41, 5.74) is 1.11. The van der Waals surface area contributed by atoms with Gasteiger partial charge >= 0.3 is 0 Å². The highest BCUT2D eigenvalue weighted by Crippen LogP contribution is 2.66. The summed E-state index contributed by atoms with van der Waals surface area (Å²) in [7, 11) is 0. The molecule has 2 aliphatic rings. The molecule has 1 saturated carbocycles. The van der Waals surface area contributed by atoms with Crippen molar-refractivity contribution in [3.63, 3.8) is 0 Å². The third-order valence-electron chi connectivity index (χ3n) is 3.59. The van der Waals surface area contributed by atoms with Gasteiger partial charge in [-0.2, -0.15) is 0 Å². The number of rotatable bonds is 2. The van der Waals surface area contributed by atoms with E-state index in [0.717, 1.165) is 12.9 Å². The van der Waals surface area contributed by atoms with Gasteiger partial charge in [0.15, 0.2) is 0 Å². The van der Waals surface area contributed by atoms with Gasteiger partial charge in [0, 0.05) is 11.8 Å². The second-order valence-corrected chi connectivity index (χ2v) is 4.24. The second-order valence-electron chi connectivity index (χ2n) is 4.24. The molecular weight excluding hydrogens is 176 g/mol. The van der Waals surface area contributed by atoms with Crippen LogP contribution in [0.5, 0.6) is 0 Å². The van der Waals surface area contributed by atoms with E-state index in [9.17, 15) is 4.79 Å². The van der Waals surface area contributed by atoms with Crippen molar-refractivity contribution in [2.24, 2.45) is 11.3 Å². The van der Waals surface area contributed by atoms with Crippen LogP contribution in [-0.2, 0) is 9.53 Å². The molecular formula is C12H12O2. The average molecular weight is 188 g/mol. The van der Waals surface area contributed by atoms with Crippen molar-refractivity contribution >= 4 is 6.29 Å². The monoisotopic (exact) mass is 188 g/mol. The zero-order valence-electron chi connectivity index (χ0n) is 7.85. The van der Waals surface area contributed by atoms with E-state index in [1.54, 1.807) is 0 Å². The summed E-state index contributed by atoms with van der Waals surface area (Å²) in [6.07, 6.45) is 1.10. The summed E-state index contributed by atoms with van der Waals surface area (Å²) in [6.45, 7) is 1.36. The van der Waals surface area contributed by atoms with Crippen LogP contribution >= 0.6 is 0 Å². The third kappa shape index (κ3) is 0.867. The molecule has 0 amide bonds. The minimum absolute atomic E-state index is 0.179. The molecule has 0 radical (unpaired) electrons. The largest absolute Gasteiger partial charge is 0.380 e. The molecule has 1 heterocycles. The van der Waals surface area contributed by atoms with E-state index < -0.39 is 0 Å². The number of aldehydes is 1. The first-order valence-electron chi connectivity index (χ1n) is 4.97. The Morgan fingerprint density at radius 2 is 2.14 bits per heavy atom.